The molecule has 16 heavy (non-hydrogen) atoms. The van der Waals surface area contributed by atoms with Crippen molar-refractivity contribution in [2.75, 3.05) is 0 Å². The lowest BCUT2D eigenvalue weighted by molar-refractivity contribution is 0.0697. The number of aryl methyl sites for hydroxylation is 1. The first-order chi connectivity index (χ1) is 7.72. The van der Waals surface area contributed by atoms with Gasteiger partial charge in [0.2, 0.25) is 0 Å². The number of carboxylic acid groups (broad SMARTS) is 1. The molecule has 4 nitrogen and oxygen atoms in total. The van der Waals surface area contributed by atoms with Gasteiger partial charge < -0.3 is 9.67 Å². The van der Waals surface area contributed by atoms with Gasteiger partial charge in [-0.05, 0) is 24.6 Å². The molecule has 0 amide bonds. The van der Waals surface area contributed by atoms with E-state index < -0.39 is 5.97 Å². The SMILES string of the molecule is CCCCn1cnc2ccc(C(=O)O)cc21. The molecule has 0 aliphatic rings. The Morgan fingerprint density at radius 1 is 1.50 bits per heavy atom. The van der Waals surface area contributed by atoms with Gasteiger partial charge in [0.05, 0.1) is 22.9 Å². The highest BCUT2D eigenvalue weighted by atomic mass is 16.4. The fraction of sp³-hybridized carbons (Fsp3) is 0.333. The number of imidazole rings is 1. The predicted molar refractivity (Wildman–Crippen MR) is 61.6 cm³/mol. The van der Waals surface area contributed by atoms with Crippen molar-refractivity contribution in [3.8, 4) is 0 Å². The van der Waals surface area contributed by atoms with Crippen LogP contribution in [0.2, 0.25) is 0 Å². The van der Waals surface area contributed by atoms with Crippen LogP contribution < -0.4 is 0 Å². The summed E-state index contributed by atoms with van der Waals surface area (Å²) in [5.41, 5.74) is 2.06. The van der Waals surface area contributed by atoms with E-state index in [4.69, 9.17) is 5.11 Å². The predicted octanol–water partition coefficient (Wildman–Crippen LogP) is 2.53. The Kier molecular flexibility index (Phi) is 2.90. The third-order valence-electron chi connectivity index (χ3n) is 2.62. The molecule has 0 aliphatic carbocycles. The monoisotopic (exact) mass is 218 g/mol. The van der Waals surface area contributed by atoms with Gasteiger partial charge in [-0.1, -0.05) is 13.3 Å². The zero-order valence-electron chi connectivity index (χ0n) is 9.18. The van der Waals surface area contributed by atoms with Crippen LogP contribution in [0.3, 0.4) is 0 Å². The molecule has 0 fully saturated rings. The van der Waals surface area contributed by atoms with Gasteiger partial charge in [-0.15, -0.1) is 0 Å². The maximum Gasteiger partial charge on any atom is 0.335 e. The minimum atomic E-state index is -0.898. The lowest BCUT2D eigenvalue weighted by atomic mass is 10.2. The normalized spacial score (nSPS) is 10.8. The summed E-state index contributed by atoms with van der Waals surface area (Å²) in [7, 11) is 0. The van der Waals surface area contributed by atoms with E-state index in [1.54, 1.807) is 24.5 Å². The van der Waals surface area contributed by atoms with E-state index in [-0.39, 0.29) is 0 Å². The van der Waals surface area contributed by atoms with Crippen LogP contribution in [0.15, 0.2) is 24.5 Å². The number of rotatable bonds is 4. The van der Waals surface area contributed by atoms with Crippen molar-refractivity contribution in [1.29, 1.82) is 0 Å². The molecule has 2 rings (SSSR count). The second-order valence-corrected chi connectivity index (χ2v) is 3.80. The number of aromatic nitrogens is 2. The molecule has 1 N–H and O–H groups in total. The quantitative estimate of drug-likeness (QED) is 0.857. The Balaban J connectivity index is 2.43. The first kappa shape index (κ1) is 10.7. The molecule has 4 heteroatoms. The van der Waals surface area contributed by atoms with Gasteiger partial charge in [-0.25, -0.2) is 9.78 Å². The molecule has 0 aliphatic heterocycles. The lowest BCUT2D eigenvalue weighted by Gasteiger charge is -2.02. The standard InChI is InChI=1S/C12H14N2O2/c1-2-3-6-14-8-13-10-5-4-9(12(15)16)7-11(10)14/h4-5,7-8H,2-3,6H2,1H3,(H,15,16). The summed E-state index contributed by atoms with van der Waals surface area (Å²) >= 11 is 0. The van der Waals surface area contributed by atoms with Crippen molar-refractivity contribution >= 4 is 17.0 Å². The minimum absolute atomic E-state index is 0.311. The number of aromatic carboxylic acids is 1. The van der Waals surface area contributed by atoms with Crippen LogP contribution in [0.5, 0.6) is 0 Å². The maximum absolute atomic E-state index is 10.9. The van der Waals surface area contributed by atoms with E-state index in [9.17, 15) is 4.79 Å². The van der Waals surface area contributed by atoms with E-state index >= 15 is 0 Å². The van der Waals surface area contributed by atoms with E-state index in [1.165, 1.54) is 0 Å². The number of fused-ring (bicyclic) bond motifs is 1. The number of hydrogen-bond acceptors (Lipinski definition) is 2. The van der Waals surface area contributed by atoms with Crippen LogP contribution in [-0.2, 0) is 6.54 Å². The highest BCUT2D eigenvalue weighted by Gasteiger charge is 2.07. The highest BCUT2D eigenvalue weighted by molar-refractivity contribution is 5.92. The first-order valence-corrected chi connectivity index (χ1v) is 5.40. The average molecular weight is 218 g/mol. The van der Waals surface area contributed by atoms with E-state index in [0.717, 1.165) is 30.4 Å². The minimum Gasteiger partial charge on any atom is -0.478 e. The molecule has 1 heterocycles. The Bertz CT molecular complexity index is 517. The fourth-order valence-corrected chi connectivity index (χ4v) is 1.70. The number of nitrogens with zero attached hydrogens (tertiary/aromatic N) is 2. The molecule has 0 spiro atoms. The van der Waals surface area contributed by atoms with Gasteiger partial charge in [0.25, 0.3) is 0 Å². The molecular formula is C12H14N2O2. The topological polar surface area (TPSA) is 55.1 Å². The van der Waals surface area contributed by atoms with Crippen molar-refractivity contribution in [2.45, 2.75) is 26.3 Å². The molecule has 0 saturated carbocycles. The van der Waals surface area contributed by atoms with Gasteiger partial charge in [-0.2, -0.15) is 0 Å². The summed E-state index contributed by atoms with van der Waals surface area (Å²) in [5, 5.41) is 8.92. The molecule has 0 saturated heterocycles. The smallest absolute Gasteiger partial charge is 0.335 e. The second kappa shape index (κ2) is 4.35. The van der Waals surface area contributed by atoms with Crippen LogP contribution >= 0.6 is 0 Å². The molecule has 0 radical (unpaired) electrons. The summed E-state index contributed by atoms with van der Waals surface area (Å²) in [4.78, 5) is 15.1. The van der Waals surface area contributed by atoms with Crippen LogP contribution in [0.25, 0.3) is 11.0 Å². The molecule has 0 atom stereocenters. The lowest BCUT2D eigenvalue weighted by Crippen LogP contribution is -1.99. The summed E-state index contributed by atoms with van der Waals surface area (Å²) in [6, 6.07) is 5.02. The number of carbonyl (C=O) groups is 1. The summed E-state index contributed by atoms with van der Waals surface area (Å²) in [6.07, 6.45) is 3.95. The molecule has 2 aromatic rings. The average Bonchev–Trinajstić information content (AvgIpc) is 2.68. The molecule has 0 unspecified atom stereocenters. The van der Waals surface area contributed by atoms with Crippen LogP contribution in [0, 0.1) is 0 Å². The zero-order chi connectivity index (χ0) is 11.5. The Labute approximate surface area is 93.5 Å². The van der Waals surface area contributed by atoms with Gasteiger partial charge >= 0.3 is 5.97 Å². The van der Waals surface area contributed by atoms with Crippen LogP contribution in [0.4, 0.5) is 0 Å². The largest absolute Gasteiger partial charge is 0.478 e. The van der Waals surface area contributed by atoms with Crippen LogP contribution in [0.1, 0.15) is 30.1 Å². The highest BCUT2D eigenvalue weighted by Crippen LogP contribution is 2.15. The van der Waals surface area contributed by atoms with Crippen molar-refractivity contribution in [3.63, 3.8) is 0 Å². The Morgan fingerprint density at radius 3 is 3.00 bits per heavy atom. The number of unbranched alkanes of at least 4 members (excludes halogenated alkanes) is 1. The van der Waals surface area contributed by atoms with Crippen molar-refractivity contribution in [1.82, 2.24) is 9.55 Å². The summed E-state index contributed by atoms with van der Waals surface area (Å²) in [5.74, 6) is -0.898. The molecular weight excluding hydrogens is 204 g/mol. The van der Waals surface area contributed by atoms with Gasteiger partial charge in [0, 0.05) is 6.54 Å². The summed E-state index contributed by atoms with van der Waals surface area (Å²) in [6.45, 7) is 3.01. The van der Waals surface area contributed by atoms with Gasteiger partial charge in [0.1, 0.15) is 0 Å². The third-order valence-corrected chi connectivity index (χ3v) is 2.62. The second-order valence-electron chi connectivity index (χ2n) is 3.80. The number of benzene rings is 1. The summed E-state index contributed by atoms with van der Waals surface area (Å²) < 4.78 is 2.01. The van der Waals surface area contributed by atoms with Crippen LogP contribution in [-0.4, -0.2) is 20.6 Å². The van der Waals surface area contributed by atoms with Crippen molar-refractivity contribution < 1.29 is 9.90 Å². The molecule has 1 aromatic heterocycles. The van der Waals surface area contributed by atoms with E-state index in [1.807, 2.05) is 4.57 Å². The number of carboxylic acids is 1. The fourth-order valence-electron chi connectivity index (χ4n) is 1.70. The van der Waals surface area contributed by atoms with Crippen molar-refractivity contribution in [3.05, 3.63) is 30.1 Å². The van der Waals surface area contributed by atoms with Gasteiger partial charge in [-0.3, -0.25) is 0 Å². The number of hydrogen-bond donors (Lipinski definition) is 1. The first-order valence-electron chi connectivity index (χ1n) is 5.40. The third kappa shape index (κ3) is 1.91. The van der Waals surface area contributed by atoms with E-state index in [2.05, 4.69) is 11.9 Å². The van der Waals surface area contributed by atoms with Crippen molar-refractivity contribution in [2.24, 2.45) is 0 Å². The molecule has 1 aromatic carbocycles. The maximum atomic E-state index is 10.9. The zero-order valence-corrected chi connectivity index (χ0v) is 9.18. The van der Waals surface area contributed by atoms with Gasteiger partial charge in [0.15, 0.2) is 0 Å². The molecule has 0 bridgehead atoms. The van der Waals surface area contributed by atoms with E-state index in [0.29, 0.717) is 5.56 Å². The molecule has 84 valence electrons. The Hall–Kier alpha value is -1.84. The Morgan fingerprint density at radius 2 is 2.31 bits per heavy atom.